The molecular formula is C14H16BrNO4. The molecule has 1 amide bonds. The van der Waals surface area contributed by atoms with E-state index in [2.05, 4.69) is 21.2 Å². The molecule has 0 spiro atoms. The highest BCUT2D eigenvalue weighted by Crippen LogP contribution is 2.21. The number of hydrogen-bond donors (Lipinski definition) is 2. The quantitative estimate of drug-likeness (QED) is 0.860. The minimum atomic E-state index is -0.944. The summed E-state index contributed by atoms with van der Waals surface area (Å²) in [6, 6.07) is 6.75. The highest BCUT2D eigenvalue weighted by atomic mass is 79.9. The molecule has 0 radical (unpaired) electrons. The molecule has 0 aromatic heterocycles. The Morgan fingerprint density at radius 1 is 1.40 bits per heavy atom. The lowest BCUT2D eigenvalue weighted by molar-refractivity contribution is -0.137. The molecule has 2 rings (SSSR count). The molecule has 2 N–H and O–H groups in total. The Hall–Kier alpha value is -1.40. The van der Waals surface area contributed by atoms with Crippen molar-refractivity contribution in [2.24, 2.45) is 5.92 Å². The maximum atomic E-state index is 12.1. The minimum absolute atomic E-state index is 0.138. The van der Waals surface area contributed by atoms with E-state index in [-0.39, 0.29) is 18.2 Å². The number of carbonyl (C=O) groups excluding carboxylic acids is 1. The Bertz CT molecular complexity index is 482. The molecule has 1 aromatic rings. The number of carboxylic acid groups (broad SMARTS) is 1. The standard InChI is InChI=1S/C14H16BrNO4/c15-11-3-1-9(2-4-11)12(7-13(17)18)16-14(19)10-5-6-20-8-10/h1-4,10,12H,5-8H2,(H,16,19)(H,17,18)/t10-,12-/m0/s1. The largest absolute Gasteiger partial charge is 0.481 e. The fraction of sp³-hybridized carbons (Fsp3) is 0.429. The third-order valence-corrected chi connectivity index (χ3v) is 3.80. The van der Waals surface area contributed by atoms with Gasteiger partial charge in [0.15, 0.2) is 0 Å². The molecule has 1 aromatic carbocycles. The zero-order chi connectivity index (χ0) is 14.5. The predicted molar refractivity (Wildman–Crippen MR) is 76.2 cm³/mol. The van der Waals surface area contributed by atoms with E-state index < -0.39 is 12.0 Å². The molecule has 0 saturated carbocycles. The monoisotopic (exact) mass is 341 g/mol. The van der Waals surface area contributed by atoms with Crippen LogP contribution in [-0.4, -0.2) is 30.2 Å². The molecule has 6 heteroatoms. The van der Waals surface area contributed by atoms with Crippen LogP contribution < -0.4 is 5.32 Å². The number of carboxylic acids is 1. The molecule has 1 saturated heterocycles. The topological polar surface area (TPSA) is 75.6 Å². The van der Waals surface area contributed by atoms with E-state index in [1.807, 2.05) is 24.3 Å². The summed E-state index contributed by atoms with van der Waals surface area (Å²) >= 11 is 3.33. The van der Waals surface area contributed by atoms with Gasteiger partial charge in [0.05, 0.1) is 25.0 Å². The number of nitrogens with one attached hydrogen (secondary N) is 1. The van der Waals surface area contributed by atoms with E-state index in [0.717, 1.165) is 10.0 Å². The van der Waals surface area contributed by atoms with Crippen LogP contribution in [0.4, 0.5) is 0 Å². The first-order chi connectivity index (χ1) is 9.56. The van der Waals surface area contributed by atoms with E-state index in [0.29, 0.717) is 19.6 Å². The summed E-state index contributed by atoms with van der Waals surface area (Å²) in [6.07, 6.45) is 0.549. The molecule has 108 valence electrons. The number of halogens is 1. The number of amides is 1. The predicted octanol–water partition coefficient (Wildman–Crippen LogP) is 2.12. The Morgan fingerprint density at radius 2 is 2.10 bits per heavy atom. The second-order valence-electron chi connectivity index (χ2n) is 4.77. The van der Waals surface area contributed by atoms with Crippen LogP contribution in [0.5, 0.6) is 0 Å². The highest BCUT2D eigenvalue weighted by molar-refractivity contribution is 9.10. The molecular weight excluding hydrogens is 326 g/mol. The van der Waals surface area contributed by atoms with E-state index >= 15 is 0 Å². The molecule has 1 aliphatic heterocycles. The van der Waals surface area contributed by atoms with E-state index in [4.69, 9.17) is 9.84 Å². The Morgan fingerprint density at radius 3 is 2.65 bits per heavy atom. The van der Waals surface area contributed by atoms with Gasteiger partial charge >= 0.3 is 5.97 Å². The van der Waals surface area contributed by atoms with E-state index in [1.165, 1.54) is 0 Å². The molecule has 2 atom stereocenters. The van der Waals surface area contributed by atoms with E-state index in [9.17, 15) is 9.59 Å². The van der Waals surface area contributed by atoms with Crippen molar-refractivity contribution in [1.29, 1.82) is 0 Å². The lowest BCUT2D eigenvalue weighted by Gasteiger charge is -2.19. The van der Waals surface area contributed by atoms with Crippen LogP contribution in [0.25, 0.3) is 0 Å². The molecule has 20 heavy (non-hydrogen) atoms. The van der Waals surface area contributed by atoms with Crippen LogP contribution in [0, 0.1) is 5.92 Å². The lowest BCUT2D eigenvalue weighted by Crippen LogP contribution is -2.35. The van der Waals surface area contributed by atoms with Crippen LogP contribution in [0.3, 0.4) is 0 Å². The van der Waals surface area contributed by atoms with Crippen LogP contribution in [0.15, 0.2) is 28.7 Å². The first-order valence-corrected chi connectivity index (χ1v) is 7.21. The van der Waals surface area contributed by atoms with Crippen molar-refractivity contribution >= 4 is 27.8 Å². The lowest BCUT2D eigenvalue weighted by atomic mass is 10.0. The maximum Gasteiger partial charge on any atom is 0.305 e. The van der Waals surface area contributed by atoms with Gasteiger partial charge in [0, 0.05) is 11.1 Å². The van der Waals surface area contributed by atoms with Gasteiger partial charge in [0.2, 0.25) is 5.91 Å². The zero-order valence-electron chi connectivity index (χ0n) is 10.8. The minimum Gasteiger partial charge on any atom is -0.481 e. The fourth-order valence-corrected chi connectivity index (χ4v) is 2.42. The Balaban J connectivity index is 2.08. The third kappa shape index (κ3) is 4.05. The zero-order valence-corrected chi connectivity index (χ0v) is 12.4. The molecule has 1 heterocycles. The average Bonchev–Trinajstić information content (AvgIpc) is 2.92. The Labute approximate surface area is 125 Å². The molecule has 5 nitrogen and oxygen atoms in total. The number of benzene rings is 1. The summed E-state index contributed by atoms with van der Waals surface area (Å²) in [5.74, 6) is -1.26. The molecule has 0 unspecified atom stereocenters. The summed E-state index contributed by atoms with van der Waals surface area (Å²) in [7, 11) is 0. The molecule has 0 aliphatic carbocycles. The van der Waals surface area contributed by atoms with Gasteiger partial charge in [-0.1, -0.05) is 28.1 Å². The molecule has 1 aliphatic rings. The van der Waals surface area contributed by atoms with Crippen molar-refractivity contribution in [3.05, 3.63) is 34.3 Å². The number of ether oxygens (including phenoxy) is 1. The summed E-state index contributed by atoms with van der Waals surface area (Å²) in [4.78, 5) is 23.1. The normalized spacial score (nSPS) is 19.6. The fourth-order valence-electron chi connectivity index (χ4n) is 2.15. The van der Waals surface area contributed by atoms with Gasteiger partial charge < -0.3 is 15.2 Å². The average molecular weight is 342 g/mol. The van der Waals surface area contributed by atoms with Crippen LogP contribution in [-0.2, 0) is 14.3 Å². The van der Waals surface area contributed by atoms with Crippen molar-refractivity contribution in [2.75, 3.05) is 13.2 Å². The van der Waals surface area contributed by atoms with Crippen molar-refractivity contribution in [1.82, 2.24) is 5.32 Å². The van der Waals surface area contributed by atoms with E-state index in [1.54, 1.807) is 0 Å². The summed E-state index contributed by atoms with van der Waals surface area (Å²) in [6.45, 7) is 0.992. The molecule has 0 bridgehead atoms. The van der Waals surface area contributed by atoms with Crippen molar-refractivity contribution in [3.8, 4) is 0 Å². The highest BCUT2D eigenvalue weighted by Gasteiger charge is 2.26. The van der Waals surface area contributed by atoms with Crippen molar-refractivity contribution < 1.29 is 19.4 Å². The number of aliphatic carboxylic acids is 1. The summed E-state index contributed by atoms with van der Waals surface area (Å²) < 4.78 is 6.09. The first kappa shape index (κ1) is 15.0. The smallest absolute Gasteiger partial charge is 0.305 e. The first-order valence-electron chi connectivity index (χ1n) is 6.41. The van der Waals surface area contributed by atoms with Gasteiger partial charge in [0.1, 0.15) is 0 Å². The van der Waals surface area contributed by atoms with Crippen molar-refractivity contribution in [3.63, 3.8) is 0 Å². The van der Waals surface area contributed by atoms with Crippen LogP contribution >= 0.6 is 15.9 Å². The van der Waals surface area contributed by atoms with Crippen molar-refractivity contribution in [2.45, 2.75) is 18.9 Å². The third-order valence-electron chi connectivity index (χ3n) is 3.27. The van der Waals surface area contributed by atoms with Gasteiger partial charge in [-0.05, 0) is 24.1 Å². The van der Waals surface area contributed by atoms with Crippen LogP contribution in [0.2, 0.25) is 0 Å². The SMILES string of the molecule is O=C(O)C[C@H](NC(=O)[C@H]1CCOC1)c1ccc(Br)cc1. The maximum absolute atomic E-state index is 12.1. The number of rotatable bonds is 5. The van der Waals surface area contributed by atoms with Gasteiger partial charge in [0.25, 0.3) is 0 Å². The van der Waals surface area contributed by atoms with Gasteiger partial charge in [-0.3, -0.25) is 9.59 Å². The summed E-state index contributed by atoms with van der Waals surface area (Å²) in [5, 5.41) is 11.8. The second kappa shape index (κ2) is 6.85. The van der Waals surface area contributed by atoms with Gasteiger partial charge in [-0.25, -0.2) is 0 Å². The van der Waals surface area contributed by atoms with Gasteiger partial charge in [-0.2, -0.15) is 0 Å². The van der Waals surface area contributed by atoms with Crippen LogP contribution in [0.1, 0.15) is 24.4 Å². The Kier molecular flexibility index (Phi) is 5.14. The summed E-state index contributed by atoms with van der Waals surface area (Å²) in [5.41, 5.74) is 0.780. The second-order valence-corrected chi connectivity index (χ2v) is 5.69. The number of carbonyl (C=O) groups is 2. The van der Waals surface area contributed by atoms with Gasteiger partial charge in [-0.15, -0.1) is 0 Å². The number of hydrogen-bond acceptors (Lipinski definition) is 3. The molecule has 1 fully saturated rings.